The van der Waals surface area contributed by atoms with Crippen LogP contribution < -0.4 is 5.09 Å². The highest BCUT2D eigenvalue weighted by Crippen LogP contribution is 2.54. The number of nitrogens with zero attached hydrogens (tertiary/aromatic N) is 3. The van der Waals surface area contributed by atoms with Gasteiger partial charge >= 0.3 is 0 Å². The summed E-state index contributed by atoms with van der Waals surface area (Å²) < 4.78 is 18.0. The van der Waals surface area contributed by atoms with Gasteiger partial charge in [0.15, 0.2) is 0 Å². The van der Waals surface area contributed by atoms with E-state index in [-0.39, 0.29) is 24.2 Å². The smallest absolute Gasteiger partial charge is 0.270 e. The van der Waals surface area contributed by atoms with Gasteiger partial charge < -0.3 is 0 Å². The average Bonchev–Trinajstić information content (AvgIpc) is 2.26. The lowest BCUT2D eigenvalue weighted by atomic mass is 10.3. The van der Waals surface area contributed by atoms with Gasteiger partial charge in [-0.1, -0.05) is 0 Å². The van der Waals surface area contributed by atoms with Crippen molar-refractivity contribution in [3.63, 3.8) is 0 Å². The fourth-order valence-electron chi connectivity index (χ4n) is 2.98. The molecule has 0 aliphatic heterocycles. The van der Waals surface area contributed by atoms with Crippen LogP contribution in [-0.2, 0) is 4.57 Å². The minimum absolute atomic E-state index is 0.158. The van der Waals surface area contributed by atoms with Crippen LogP contribution in [0.25, 0.3) is 0 Å². The highest BCUT2D eigenvalue weighted by molar-refractivity contribution is 7.57. The van der Waals surface area contributed by atoms with E-state index in [2.05, 4.69) is 75.9 Å². The second-order valence-corrected chi connectivity index (χ2v) is 8.82. The van der Waals surface area contributed by atoms with Crippen molar-refractivity contribution < 1.29 is 4.57 Å². The van der Waals surface area contributed by atoms with Gasteiger partial charge in [-0.2, -0.15) is 5.26 Å². The summed E-state index contributed by atoms with van der Waals surface area (Å²) in [5.74, 6) is 0. The lowest BCUT2D eigenvalue weighted by Crippen LogP contribution is -2.49. The second kappa shape index (κ2) is 8.90. The SMILES string of the molecule is CC(C)N(C(C)C)P(=O)(NCCC#N)N(C(C)C)C(C)C. The van der Waals surface area contributed by atoms with Gasteiger partial charge in [-0.05, 0) is 55.4 Å². The van der Waals surface area contributed by atoms with Crippen molar-refractivity contribution in [2.75, 3.05) is 6.54 Å². The Morgan fingerprint density at radius 3 is 1.48 bits per heavy atom. The second-order valence-electron chi connectivity index (χ2n) is 6.50. The van der Waals surface area contributed by atoms with E-state index in [0.717, 1.165) is 0 Å². The quantitative estimate of drug-likeness (QED) is 0.517. The molecule has 0 rings (SSSR count). The zero-order valence-electron chi connectivity index (χ0n) is 14.9. The number of nitrogens with one attached hydrogen (secondary N) is 1. The number of rotatable bonds is 9. The van der Waals surface area contributed by atoms with E-state index < -0.39 is 7.59 Å². The summed E-state index contributed by atoms with van der Waals surface area (Å²) in [6.45, 7) is 17.0. The summed E-state index contributed by atoms with van der Waals surface area (Å²) in [4.78, 5) is 0. The molecule has 0 saturated carbocycles. The third-order valence-corrected chi connectivity index (χ3v) is 7.03. The van der Waals surface area contributed by atoms with Gasteiger partial charge in [-0.25, -0.2) is 14.4 Å². The number of hydrogen-bond donors (Lipinski definition) is 1. The van der Waals surface area contributed by atoms with Crippen LogP contribution in [0.4, 0.5) is 0 Å². The molecular weight excluding hydrogens is 283 g/mol. The lowest BCUT2D eigenvalue weighted by molar-refractivity contribution is 0.218. The first-order chi connectivity index (χ1) is 9.59. The maximum Gasteiger partial charge on any atom is 0.285 e. The van der Waals surface area contributed by atoms with Crippen molar-refractivity contribution in [3.05, 3.63) is 0 Å². The summed E-state index contributed by atoms with van der Waals surface area (Å²) in [5.41, 5.74) is 0. The minimum atomic E-state index is -2.93. The van der Waals surface area contributed by atoms with Crippen molar-refractivity contribution in [3.8, 4) is 6.07 Å². The molecule has 0 aromatic rings. The van der Waals surface area contributed by atoms with Crippen molar-refractivity contribution in [1.29, 1.82) is 5.26 Å². The Labute approximate surface area is 131 Å². The summed E-state index contributed by atoms with van der Waals surface area (Å²) in [7, 11) is -2.93. The molecule has 0 radical (unpaired) electrons. The van der Waals surface area contributed by atoms with Crippen LogP contribution >= 0.6 is 7.59 Å². The van der Waals surface area contributed by atoms with E-state index in [1.54, 1.807) is 0 Å². The normalized spacial score (nSPS) is 13.2. The fraction of sp³-hybridized carbons (Fsp3) is 0.933. The van der Waals surface area contributed by atoms with E-state index in [4.69, 9.17) is 5.26 Å². The molecule has 0 aromatic carbocycles. The van der Waals surface area contributed by atoms with Crippen molar-refractivity contribution in [2.24, 2.45) is 0 Å². The first-order valence-electron chi connectivity index (χ1n) is 7.89. The maximum absolute atomic E-state index is 13.9. The molecule has 0 aliphatic rings. The van der Waals surface area contributed by atoms with Crippen LogP contribution in [0.1, 0.15) is 61.8 Å². The summed E-state index contributed by atoms with van der Waals surface area (Å²) in [6.07, 6.45) is 0.359. The molecule has 0 fully saturated rings. The van der Waals surface area contributed by atoms with Crippen LogP contribution in [0.3, 0.4) is 0 Å². The van der Waals surface area contributed by atoms with Crippen LogP contribution in [-0.4, -0.2) is 40.1 Å². The zero-order valence-corrected chi connectivity index (χ0v) is 15.8. The van der Waals surface area contributed by atoms with Gasteiger partial charge in [-0.3, -0.25) is 4.57 Å². The molecule has 0 heterocycles. The average molecular weight is 316 g/mol. The topological polar surface area (TPSA) is 59.4 Å². The zero-order chi connectivity index (χ0) is 16.8. The summed E-state index contributed by atoms with van der Waals surface area (Å²) in [6, 6.07) is 2.75. The van der Waals surface area contributed by atoms with E-state index >= 15 is 0 Å². The Morgan fingerprint density at radius 1 is 0.905 bits per heavy atom. The van der Waals surface area contributed by atoms with Crippen molar-refractivity contribution in [1.82, 2.24) is 14.4 Å². The Hall–Kier alpha value is -0.400. The van der Waals surface area contributed by atoms with E-state index in [1.165, 1.54) is 0 Å². The molecule has 6 heteroatoms. The van der Waals surface area contributed by atoms with E-state index in [0.29, 0.717) is 13.0 Å². The Morgan fingerprint density at radius 2 is 1.24 bits per heavy atom. The van der Waals surface area contributed by atoms with Gasteiger partial charge in [0, 0.05) is 37.1 Å². The Kier molecular flexibility index (Phi) is 8.73. The van der Waals surface area contributed by atoms with E-state index in [1.807, 2.05) is 0 Å². The first-order valence-corrected chi connectivity index (χ1v) is 9.50. The predicted octanol–water partition coefficient (Wildman–Crippen LogP) is 3.84. The molecule has 5 nitrogen and oxygen atoms in total. The molecule has 1 N–H and O–H groups in total. The number of nitriles is 1. The Bertz CT molecular complexity index is 348. The van der Waals surface area contributed by atoms with Crippen molar-refractivity contribution >= 4 is 7.59 Å². The van der Waals surface area contributed by atoms with Gasteiger partial charge in [0.25, 0.3) is 7.59 Å². The fourth-order valence-corrected chi connectivity index (χ4v) is 6.46. The van der Waals surface area contributed by atoms with Gasteiger partial charge in [-0.15, -0.1) is 0 Å². The molecule has 124 valence electrons. The number of hydrogen-bond acceptors (Lipinski definition) is 2. The van der Waals surface area contributed by atoms with Crippen LogP contribution in [0.15, 0.2) is 0 Å². The highest BCUT2D eigenvalue weighted by atomic mass is 31.2. The largest absolute Gasteiger partial charge is 0.285 e. The lowest BCUT2D eigenvalue weighted by Gasteiger charge is -2.46. The molecular formula is C15H33N4OP. The molecule has 21 heavy (non-hydrogen) atoms. The van der Waals surface area contributed by atoms with Crippen LogP contribution in [0.5, 0.6) is 0 Å². The molecule has 0 bridgehead atoms. The molecule has 0 aromatic heterocycles. The molecule has 0 aliphatic carbocycles. The van der Waals surface area contributed by atoms with Crippen LogP contribution in [0, 0.1) is 11.3 Å². The van der Waals surface area contributed by atoms with E-state index in [9.17, 15) is 4.57 Å². The van der Waals surface area contributed by atoms with Crippen LogP contribution in [0.2, 0.25) is 0 Å². The predicted molar refractivity (Wildman–Crippen MR) is 90.1 cm³/mol. The monoisotopic (exact) mass is 316 g/mol. The minimum Gasteiger partial charge on any atom is -0.270 e. The molecule has 0 amide bonds. The molecule has 0 spiro atoms. The standard InChI is InChI=1S/C15H33N4OP/c1-12(2)18(13(3)4)21(20,17-11-9-10-16)19(14(5)6)15(7)8/h12-15H,9,11H2,1-8H3,(H,17,20). The molecule has 0 unspecified atom stereocenters. The molecule has 0 atom stereocenters. The van der Waals surface area contributed by atoms with Gasteiger partial charge in [0.2, 0.25) is 0 Å². The highest BCUT2D eigenvalue weighted by Gasteiger charge is 2.42. The molecule has 0 saturated heterocycles. The van der Waals surface area contributed by atoms with Gasteiger partial charge in [0.05, 0.1) is 6.07 Å². The summed E-state index contributed by atoms with van der Waals surface area (Å²) >= 11 is 0. The van der Waals surface area contributed by atoms with Gasteiger partial charge in [0.1, 0.15) is 0 Å². The summed E-state index contributed by atoms with van der Waals surface area (Å²) in [5, 5.41) is 12.0. The maximum atomic E-state index is 13.9. The van der Waals surface area contributed by atoms with Crippen molar-refractivity contribution in [2.45, 2.75) is 86.0 Å². The third kappa shape index (κ3) is 5.38. The third-order valence-electron chi connectivity index (χ3n) is 3.30. The Balaban J connectivity index is 5.74. The first kappa shape index (κ1) is 20.6.